The van der Waals surface area contributed by atoms with Crippen LogP contribution in [-0.2, 0) is 0 Å². The predicted molar refractivity (Wildman–Crippen MR) is 217 cm³/mol. The highest BCUT2D eigenvalue weighted by atomic mass is 15.2. The Balaban J connectivity index is 1.29. The van der Waals surface area contributed by atoms with Gasteiger partial charge in [0.1, 0.15) is 0 Å². The van der Waals surface area contributed by atoms with E-state index in [1.165, 1.54) is 60.0 Å². The molecule has 0 amide bonds. The number of hydrogen-bond acceptors (Lipinski definition) is 2. The fourth-order valence-corrected chi connectivity index (χ4v) is 8.91. The van der Waals surface area contributed by atoms with Gasteiger partial charge in [-0.3, -0.25) is 4.57 Å². The standard InChI is InChI=1S/C48H28N4/c1-3-13-29(14-4-1)32-27-28-35-34-20-11-22-39-43(34)44-40(51-38-21-10-9-19-36(38)42(32)47(35)51)23-12-24-41(44)52(39)48-49-45(31-16-5-2-6-17-31)37-26-25-30-15-7-8-18-33(30)46(37)50-48/h1-28H. The molecule has 52 heavy (non-hydrogen) atoms. The van der Waals surface area contributed by atoms with Gasteiger partial charge in [0.25, 0.3) is 0 Å². The molecule has 4 heteroatoms. The van der Waals surface area contributed by atoms with Crippen LogP contribution >= 0.6 is 0 Å². The van der Waals surface area contributed by atoms with Gasteiger partial charge in [0.2, 0.25) is 5.95 Å². The zero-order valence-corrected chi connectivity index (χ0v) is 28.0. The third-order valence-electron chi connectivity index (χ3n) is 11.1. The molecule has 0 N–H and O–H groups in total. The van der Waals surface area contributed by atoms with E-state index in [0.29, 0.717) is 5.95 Å². The van der Waals surface area contributed by atoms with E-state index in [9.17, 15) is 0 Å². The number of hydrogen-bond donors (Lipinski definition) is 0. The molecule has 0 saturated carbocycles. The van der Waals surface area contributed by atoms with Gasteiger partial charge in [0.05, 0.1) is 38.8 Å². The van der Waals surface area contributed by atoms with Crippen molar-refractivity contribution in [3.8, 4) is 28.3 Å². The van der Waals surface area contributed by atoms with Crippen molar-refractivity contribution < 1.29 is 0 Å². The molecule has 0 bridgehead atoms. The van der Waals surface area contributed by atoms with Crippen LogP contribution in [0, 0.1) is 0 Å². The molecule has 0 aliphatic rings. The van der Waals surface area contributed by atoms with E-state index in [0.717, 1.165) is 44.0 Å². The van der Waals surface area contributed by atoms with Crippen molar-refractivity contribution in [1.82, 2.24) is 18.9 Å². The van der Waals surface area contributed by atoms with Gasteiger partial charge < -0.3 is 4.40 Å². The summed E-state index contributed by atoms with van der Waals surface area (Å²) in [5, 5.41) is 10.7. The smallest absolute Gasteiger partial charge is 0.235 e. The molecule has 0 saturated heterocycles. The molecule has 0 aliphatic heterocycles. The van der Waals surface area contributed by atoms with Crippen molar-refractivity contribution in [2.75, 3.05) is 0 Å². The fourth-order valence-electron chi connectivity index (χ4n) is 8.91. The van der Waals surface area contributed by atoms with Crippen LogP contribution in [0.3, 0.4) is 0 Å². The van der Waals surface area contributed by atoms with Crippen LogP contribution in [0.25, 0.3) is 110 Å². The van der Waals surface area contributed by atoms with Crippen molar-refractivity contribution in [3.63, 3.8) is 0 Å². The minimum Gasteiger partial charge on any atom is -0.308 e. The zero-order chi connectivity index (χ0) is 33.9. The minimum absolute atomic E-state index is 0.666. The summed E-state index contributed by atoms with van der Waals surface area (Å²) in [6.45, 7) is 0. The summed E-state index contributed by atoms with van der Waals surface area (Å²) < 4.78 is 4.79. The summed E-state index contributed by atoms with van der Waals surface area (Å²) in [4.78, 5) is 10.9. The predicted octanol–water partition coefficient (Wildman–Crippen LogP) is 12.4. The molecule has 240 valence electrons. The van der Waals surface area contributed by atoms with Gasteiger partial charge in [-0.05, 0) is 52.2 Å². The number of benzene rings is 8. The van der Waals surface area contributed by atoms with Crippen LogP contribution < -0.4 is 0 Å². The van der Waals surface area contributed by atoms with Gasteiger partial charge in [0, 0.05) is 43.3 Å². The molecule has 4 heterocycles. The van der Waals surface area contributed by atoms with Gasteiger partial charge in [-0.1, -0.05) is 140 Å². The molecule has 4 aromatic heterocycles. The van der Waals surface area contributed by atoms with Gasteiger partial charge >= 0.3 is 0 Å². The summed E-state index contributed by atoms with van der Waals surface area (Å²) in [6.07, 6.45) is 0. The van der Waals surface area contributed by atoms with Crippen molar-refractivity contribution >= 4 is 81.6 Å². The SMILES string of the molecule is c1ccc(-c2nc(-n3c4cccc5c6ccc(-c7ccccc7)c7c8ccccc8n(c8cccc3c8c54)c67)nc3c2ccc2ccccc23)cc1. The number of para-hydroxylation sites is 1. The molecule has 4 nitrogen and oxygen atoms in total. The van der Waals surface area contributed by atoms with Crippen LogP contribution in [0.15, 0.2) is 170 Å². The Morgan fingerprint density at radius 1 is 0.365 bits per heavy atom. The molecule has 0 unspecified atom stereocenters. The molecule has 0 radical (unpaired) electrons. The Hall–Kier alpha value is -7.04. The molecular formula is C48H28N4. The van der Waals surface area contributed by atoms with Crippen LogP contribution in [0.4, 0.5) is 0 Å². The lowest BCUT2D eigenvalue weighted by Crippen LogP contribution is -2.04. The third-order valence-corrected chi connectivity index (χ3v) is 11.1. The molecule has 12 aromatic rings. The fraction of sp³-hybridized carbons (Fsp3) is 0. The summed E-state index contributed by atoms with van der Waals surface area (Å²) >= 11 is 0. The van der Waals surface area contributed by atoms with Gasteiger partial charge in [-0.15, -0.1) is 0 Å². The topological polar surface area (TPSA) is 35.1 Å². The number of rotatable bonds is 3. The monoisotopic (exact) mass is 660 g/mol. The lowest BCUT2D eigenvalue weighted by atomic mass is 9.96. The largest absolute Gasteiger partial charge is 0.308 e. The van der Waals surface area contributed by atoms with Gasteiger partial charge in [-0.25, -0.2) is 9.97 Å². The average Bonchev–Trinajstić information content (AvgIpc) is 3.70. The lowest BCUT2D eigenvalue weighted by molar-refractivity contribution is 1.02. The maximum absolute atomic E-state index is 5.45. The third kappa shape index (κ3) is 3.60. The van der Waals surface area contributed by atoms with Crippen LogP contribution in [-0.4, -0.2) is 18.9 Å². The van der Waals surface area contributed by atoms with Crippen LogP contribution in [0.5, 0.6) is 0 Å². The molecule has 12 rings (SSSR count). The zero-order valence-electron chi connectivity index (χ0n) is 28.0. The Bertz CT molecular complexity index is 3390. The molecule has 8 aromatic carbocycles. The Morgan fingerprint density at radius 3 is 1.85 bits per heavy atom. The Morgan fingerprint density at radius 2 is 1.00 bits per heavy atom. The van der Waals surface area contributed by atoms with E-state index in [2.05, 4.69) is 179 Å². The Labute approximate surface area is 297 Å². The van der Waals surface area contributed by atoms with Gasteiger partial charge in [-0.2, -0.15) is 0 Å². The lowest BCUT2D eigenvalue weighted by Gasteiger charge is -2.13. The molecule has 0 aliphatic carbocycles. The second-order valence-corrected chi connectivity index (χ2v) is 13.7. The normalized spacial score (nSPS) is 12.2. The minimum atomic E-state index is 0.666. The number of nitrogens with zero attached hydrogens (tertiary/aromatic N) is 4. The maximum atomic E-state index is 5.45. The molecule has 0 atom stereocenters. The highest BCUT2D eigenvalue weighted by molar-refractivity contribution is 6.32. The van der Waals surface area contributed by atoms with Crippen molar-refractivity contribution in [1.29, 1.82) is 0 Å². The maximum Gasteiger partial charge on any atom is 0.235 e. The summed E-state index contributed by atoms with van der Waals surface area (Å²) in [7, 11) is 0. The van der Waals surface area contributed by atoms with Crippen molar-refractivity contribution in [2.24, 2.45) is 0 Å². The van der Waals surface area contributed by atoms with E-state index < -0.39 is 0 Å². The second-order valence-electron chi connectivity index (χ2n) is 13.7. The summed E-state index contributed by atoms with van der Waals surface area (Å²) in [5.74, 6) is 0.666. The van der Waals surface area contributed by atoms with E-state index in [-0.39, 0.29) is 0 Å². The van der Waals surface area contributed by atoms with Crippen LogP contribution in [0.1, 0.15) is 0 Å². The molecular weight excluding hydrogens is 633 g/mol. The van der Waals surface area contributed by atoms with Crippen molar-refractivity contribution in [2.45, 2.75) is 0 Å². The summed E-state index contributed by atoms with van der Waals surface area (Å²) in [6, 6.07) is 61.1. The first-order valence-corrected chi connectivity index (χ1v) is 17.8. The first-order chi connectivity index (χ1) is 25.8. The highest BCUT2D eigenvalue weighted by Crippen LogP contribution is 2.46. The Kier molecular flexibility index (Phi) is 5.47. The van der Waals surface area contributed by atoms with E-state index in [1.807, 2.05) is 0 Å². The molecule has 0 spiro atoms. The van der Waals surface area contributed by atoms with E-state index in [4.69, 9.17) is 9.97 Å². The van der Waals surface area contributed by atoms with Crippen LogP contribution in [0.2, 0.25) is 0 Å². The summed E-state index contributed by atoms with van der Waals surface area (Å²) in [5.41, 5.74) is 11.2. The second kappa shape index (κ2) is 10.3. The van der Waals surface area contributed by atoms with E-state index >= 15 is 0 Å². The first-order valence-electron chi connectivity index (χ1n) is 17.8. The average molecular weight is 661 g/mol. The first kappa shape index (κ1) is 27.7. The van der Waals surface area contributed by atoms with E-state index in [1.54, 1.807) is 0 Å². The number of fused-ring (bicyclic) bond motifs is 8. The van der Waals surface area contributed by atoms with Crippen molar-refractivity contribution in [3.05, 3.63) is 170 Å². The molecule has 0 fully saturated rings. The van der Waals surface area contributed by atoms with Gasteiger partial charge in [0.15, 0.2) is 0 Å². The highest BCUT2D eigenvalue weighted by Gasteiger charge is 2.25. The quantitative estimate of drug-likeness (QED) is 0.177. The number of aromatic nitrogens is 4.